The molecule has 0 fully saturated rings. The number of hydrogen-bond donors (Lipinski definition) is 4. The van der Waals surface area contributed by atoms with Gasteiger partial charge in [0.2, 0.25) is 5.91 Å². The molecular formula is C25H26BClN2O4. The molecule has 33 heavy (non-hydrogen) atoms. The number of rotatable bonds is 9. The van der Waals surface area contributed by atoms with E-state index in [9.17, 15) is 19.6 Å². The van der Waals surface area contributed by atoms with Crippen LogP contribution in [0.4, 0.5) is 0 Å². The number of amides is 2. The summed E-state index contributed by atoms with van der Waals surface area (Å²) in [5, 5.41) is 25.7. The summed E-state index contributed by atoms with van der Waals surface area (Å²) in [4.78, 5) is 25.6. The Hall–Kier alpha value is -3.13. The van der Waals surface area contributed by atoms with Crippen LogP contribution in [0.25, 0.3) is 0 Å². The lowest BCUT2D eigenvalue weighted by Gasteiger charge is -2.22. The average Bonchev–Trinajstić information content (AvgIpc) is 2.80. The molecule has 0 spiro atoms. The molecule has 0 heterocycles. The Labute approximate surface area is 198 Å². The monoisotopic (exact) mass is 464 g/mol. The summed E-state index contributed by atoms with van der Waals surface area (Å²) < 4.78 is 0. The number of aryl methyl sites for hydroxylation is 1. The second-order valence-corrected chi connectivity index (χ2v) is 8.36. The van der Waals surface area contributed by atoms with Crippen LogP contribution >= 0.6 is 11.6 Å². The number of carbonyl (C=O) groups excluding carboxylic acids is 2. The molecule has 6 nitrogen and oxygen atoms in total. The van der Waals surface area contributed by atoms with Crippen LogP contribution in [0.3, 0.4) is 0 Å². The lowest BCUT2D eigenvalue weighted by atomic mass is 9.75. The van der Waals surface area contributed by atoms with E-state index in [0.29, 0.717) is 16.1 Å². The Bertz CT molecular complexity index is 1080. The van der Waals surface area contributed by atoms with Gasteiger partial charge in [0.1, 0.15) is 0 Å². The van der Waals surface area contributed by atoms with E-state index in [4.69, 9.17) is 11.6 Å². The predicted molar refractivity (Wildman–Crippen MR) is 130 cm³/mol. The lowest BCUT2D eigenvalue weighted by molar-refractivity contribution is -0.122. The summed E-state index contributed by atoms with van der Waals surface area (Å²) in [6.07, 6.45) is 0.151. The third kappa shape index (κ3) is 7.46. The van der Waals surface area contributed by atoms with Crippen LogP contribution in [0.15, 0.2) is 78.9 Å². The van der Waals surface area contributed by atoms with Gasteiger partial charge in [-0.05, 0) is 48.7 Å². The molecule has 0 saturated heterocycles. The van der Waals surface area contributed by atoms with E-state index >= 15 is 0 Å². The molecule has 170 valence electrons. The topological polar surface area (TPSA) is 98.7 Å². The molecule has 8 heteroatoms. The standard InChI is InChI=1S/C25H26BClN2O4/c1-17-10-12-18(13-11-17)14-23(26(32)33)29-24(30)16-22(20-8-5-9-21(27)15-20)28-25(31)19-6-3-2-4-7-19/h2-13,15,22-23,32-33H,14,16H2,1H3,(H,28,31)(H,29,30). The second-order valence-electron chi connectivity index (χ2n) is 7.93. The lowest BCUT2D eigenvalue weighted by Crippen LogP contribution is -2.48. The Morgan fingerprint density at radius 3 is 2.27 bits per heavy atom. The van der Waals surface area contributed by atoms with Gasteiger partial charge < -0.3 is 20.7 Å². The van der Waals surface area contributed by atoms with Crippen LogP contribution in [-0.2, 0) is 11.2 Å². The van der Waals surface area contributed by atoms with Gasteiger partial charge in [-0.25, -0.2) is 0 Å². The number of halogens is 1. The molecule has 2 unspecified atom stereocenters. The second kappa shape index (κ2) is 11.7. The predicted octanol–water partition coefficient (Wildman–Crippen LogP) is 3.25. The van der Waals surface area contributed by atoms with Gasteiger partial charge in [0.25, 0.3) is 5.91 Å². The zero-order valence-electron chi connectivity index (χ0n) is 18.2. The van der Waals surface area contributed by atoms with Crippen LogP contribution in [0.5, 0.6) is 0 Å². The molecule has 2 atom stereocenters. The van der Waals surface area contributed by atoms with E-state index in [1.165, 1.54) is 0 Å². The third-order valence-electron chi connectivity index (χ3n) is 5.26. The Morgan fingerprint density at radius 2 is 1.64 bits per heavy atom. The minimum absolute atomic E-state index is 0.101. The first-order valence-corrected chi connectivity index (χ1v) is 11.0. The van der Waals surface area contributed by atoms with Crippen molar-refractivity contribution in [3.8, 4) is 0 Å². The molecule has 2 amide bonds. The summed E-state index contributed by atoms with van der Waals surface area (Å²) in [5.74, 6) is -1.66. The first-order valence-electron chi connectivity index (χ1n) is 10.6. The maximum Gasteiger partial charge on any atom is 0.475 e. The highest BCUT2D eigenvalue weighted by Crippen LogP contribution is 2.21. The third-order valence-corrected chi connectivity index (χ3v) is 5.50. The summed E-state index contributed by atoms with van der Waals surface area (Å²) in [5.41, 5.74) is 3.08. The van der Waals surface area contributed by atoms with Crippen molar-refractivity contribution in [3.05, 3.63) is 106 Å². The van der Waals surface area contributed by atoms with Gasteiger partial charge in [-0.3, -0.25) is 9.59 Å². The molecule has 4 N–H and O–H groups in total. The average molecular weight is 465 g/mol. The number of hydrogen-bond acceptors (Lipinski definition) is 4. The maximum atomic E-state index is 12.9. The highest BCUT2D eigenvalue weighted by molar-refractivity contribution is 6.43. The van der Waals surface area contributed by atoms with Crippen LogP contribution in [0, 0.1) is 6.92 Å². The quantitative estimate of drug-likeness (QED) is 0.365. The molecular weight excluding hydrogens is 439 g/mol. The van der Waals surface area contributed by atoms with Gasteiger partial charge in [-0.1, -0.05) is 71.8 Å². The summed E-state index contributed by atoms with van der Waals surface area (Å²) in [6, 6.07) is 22.6. The number of benzene rings is 3. The zero-order chi connectivity index (χ0) is 23.8. The molecule has 0 bridgehead atoms. The Balaban J connectivity index is 1.73. The van der Waals surface area contributed by atoms with Crippen LogP contribution < -0.4 is 10.6 Å². The summed E-state index contributed by atoms with van der Waals surface area (Å²) >= 11 is 6.13. The van der Waals surface area contributed by atoms with Gasteiger partial charge in [-0.15, -0.1) is 0 Å². The normalized spacial score (nSPS) is 12.5. The molecule has 0 aliphatic carbocycles. The van der Waals surface area contributed by atoms with Crippen molar-refractivity contribution in [2.45, 2.75) is 31.7 Å². The Kier molecular flexibility index (Phi) is 8.66. The zero-order valence-corrected chi connectivity index (χ0v) is 19.0. The van der Waals surface area contributed by atoms with Crippen LogP contribution in [0.1, 0.15) is 39.5 Å². The molecule has 0 aliphatic rings. The summed E-state index contributed by atoms with van der Waals surface area (Å²) in [7, 11) is -1.74. The molecule has 0 aliphatic heterocycles. The fourth-order valence-electron chi connectivity index (χ4n) is 3.47. The molecule has 0 aromatic heterocycles. The van der Waals surface area contributed by atoms with Gasteiger partial charge in [0, 0.05) is 10.6 Å². The van der Waals surface area contributed by atoms with Crippen LogP contribution in [-0.4, -0.2) is 34.9 Å². The van der Waals surface area contributed by atoms with E-state index < -0.39 is 25.0 Å². The highest BCUT2D eigenvalue weighted by Gasteiger charge is 2.27. The van der Waals surface area contributed by atoms with Gasteiger partial charge in [0.15, 0.2) is 0 Å². The van der Waals surface area contributed by atoms with Crippen molar-refractivity contribution in [1.29, 1.82) is 0 Å². The van der Waals surface area contributed by atoms with E-state index in [1.54, 1.807) is 48.5 Å². The van der Waals surface area contributed by atoms with E-state index in [1.807, 2.05) is 37.3 Å². The van der Waals surface area contributed by atoms with E-state index in [-0.39, 0.29) is 18.7 Å². The molecule has 0 saturated carbocycles. The Morgan fingerprint density at radius 1 is 0.939 bits per heavy atom. The van der Waals surface area contributed by atoms with Crippen molar-refractivity contribution in [2.24, 2.45) is 0 Å². The summed E-state index contributed by atoms with van der Waals surface area (Å²) in [6.45, 7) is 1.96. The van der Waals surface area contributed by atoms with Crippen molar-refractivity contribution >= 4 is 30.5 Å². The first kappa shape index (κ1) is 24.5. The molecule has 3 rings (SSSR count). The molecule has 3 aromatic carbocycles. The number of nitrogens with one attached hydrogen (secondary N) is 2. The minimum Gasteiger partial charge on any atom is -0.426 e. The van der Waals surface area contributed by atoms with Crippen molar-refractivity contribution < 1.29 is 19.6 Å². The largest absolute Gasteiger partial charge is 0.475 e. The molecule has 0 radical (unpaired) electrons. The highest BCUT2D eigenvalue weighted by atomic mass is 35.5. The van der Waals surface area contributed by atoms with Crippen LogP contribution in [0.2, 0.25) is 5.02 Å². The van der Waals surface area contributed by atoms with Crippen molar-refractivity contribution in [3.63, 3.8) is 0 Å². The van der Waals surface area contributed by atoms with E-state index in [2.05, 4.69) is 10.6 Å². The smallest absolute Gasteiger partial charge is 0.426 e. The van der Waals surface area contributed by atoms with Gasteiger partial charge in [-0.2, -0.15) is 0 Å². The van der Waals surface area contributed by atoms with Crippen molar-refractivity contribution in [1.82, 2.24) is 10.6 Å². The first-order chi connectivity index (χ1) is 15.8. The van der Waals surface area contributed by atoms with E-state index in [0.717, 1.165) is 11.1 Å². The van der Waals surface area contributed by atoms with Gasteiger partial charge >= 0.3 is 7.12 Å². The minimum atomic E-state index is -1.74. The molecule has 3 aromatic rings. The van der Waals surface area contributed by atoms with Crippen molar-refractivity contribution in [2.75, 3.05) is 0 Å². The fourth-order valence-corrected chi connectivity index (χ4v) is 3.67. The fraction of sp³-hybridized carbons (Fsp3) is 0.200. The SMILES string of the molecule is Cc1ccc(CC(NC(=O)CC(NC(=O)c2ccccc2)c2cccc(Cl)c2)B(O)O)cc1. The van der Waals surface area contributed by atoms with Gasteiger partial charge in [0.05, 0.1) is 18.4 Å². The number of carbonyl (C=O) groups is 2. The maximum absolute atomic E-state index is 12.9.